The Bertz CT molecular complexity index is 668. The van der Waals surface area contributed by atoms with Gasteiger partial charge in [-0.05, 0) is 35.6 Å². The van der Waals surface area contributed by atoms with Gasteiger partial charge in [0.2, 0.25) is 0 Å². The summed E-state index contributed by atoms with van der Waals surface area (Å²) < 4.78 is 3.80. The normalized spacial score (nSPS) is 9.81. The van der Waals surface area contributed by atoms with Crippen molar-refractivity contribution >= 4 is 17.4 Å². The third kappa shape index (κ3) is 4.12. The summed E-state index contributed by atoms with van der Waals surface area (Å²) in [4.78, 5) is 12.6. The molecule has 0 fully saturated rings. The van der Waals surface area contributed by atoms with Crippen molar-refractivity contribution in [1.29, 1.82) is 0 Å². The molecule has 0 aliphatic carbocycles. The van der Waals surface area contributed by atoms with Gasteiger partial charge in [-0.2, -0.15) is 0 Å². The summed E-state index contributed by atoms with van der Waals surface area (Å²) in [6.07, 6.45) is 0.692. The highest BCUT2D eigenvalue weighted by Crippen LogP contribution is 2.11. The molecule has 0 unspecified atom stereocenters. The van der Waals surface area contributed by atoms with E-state index in [1.54, 1.807) is 0 Å². The van der Waals surface area contributed by atoms with Crippen molar-refractivity contribution in [1.82, 2.24) is 14.9 Å². The van der Waals surface area contributed by atoms with E-state index >= 15 is 0 Å². The first-order valence-corrected chi connectivity index (χ1v) is 7.30. The Kier molecular flexibility index (Phi) is 5.43. The maximum atomic E-state index is 12.0. The van der Waals surface area contributed by atoms with E-state index in [0.717, 1.165) is 28.4 Å². The Morgan fingerprint density at radius 2 is 2.14 bits per heavy atom. The molecular weight excluding hydrogens is 286 g/mol. The number of rotatable bonds is 4. The van der Waals surface area contributed by atoms with Crippen molar-refractivity contribution in [2.75, 3.05) is 6.61 Å². The molecule has 0 aliphatic rings. The molecular formula is C15H15N3O2S. The Morgan fingerprint density at radius 1 is 1.38 bits per heavy atom. The standard InChI is InChI=1S/C15H15N3O2S/c1-2-13-14(21-18-17-13)15(20)16-10-12-7-5-11(6-8-12)4-3-9-19/h5-8,19H,2,9-10H2,1H3,(H,16,20). The number of aliphatic hydroxyl groups excluding tert-OH is 1. The Labute approximate surface area is 127 Å². The average molecular weight is 301 g/mol. The molecule has 0 saturated heterocycles. The zero-order valence-corrected chi connectivity index (χ0v) is 12.4. The average Bonchev–Trinajstić information content (AvgIpc) is 3.00. The van der Waals surface area contributed by atoms with Crippen molar-refractivity contribution in [2.45, 2.75) is 19.9 Å². The number of nitrogens with one attached hydrogen (secondary N) is 1. The molecule has 0 aliphatic heterocycles. The topological polar surface area (TPSA) is 75.1 Å². The minimum atomic E-state index is -0.152. The zero-order valence-electron chi connectivity index (χ0n) is 11.6. The van der Waals surface area contributed by atoms with Crippen LogP contribution in [0.25, 0.3) is 0 Å². The summed E-state index contributed by atoms with van der Waals surface area (Å²) in [6.45, 7) is 2.23. The van der Waals surface area contributed by atoms with Crippen LogP contribution in [0.1, 0.15) is 33.4 Å². The first-order valence-electron chi connectivity index (χ1n) is 6.52. The highest BCUT2D eigenvalue weighted by molar-refractivity contribution is 7.08. The minimum absolute atomic E-state index is 0.147. The molecule has 108 valence electrons. The van der Waals surface area contributed by atoms with Gasteiger partial charge in [-0.3, -0.25) is 4.79 Å². The number of amides is 1. The van der Waals surface area contributed by atoms with Gasteiger partial charge in [0.1, 0.15) is 11.5 Å². The maximum absolute atomic E-state index is 12.0. The number of hydrogen-bond donors (Lipinski definition) is 2. The number of aliphatic hydroxyl groups is 1. The fraction of sp³-hybridized carbons (Fsp3) is 0.267. The lowest BCUT2D eigenvalue weighted by molar-refractivity contribution is 0.0954. The van der Waals surface area contributed by atoms with Gasteiger partial charge in [-0.15, -0.1) is 5.10 Å². The zero-order chi connectivity index (χ0) is 15.1. The number of aryl methyl sites for hydroxylation is 1. The Morgan fingerprint density at radius 3 is 2.81 bits per heavy atom. The molecule has 0 spiro atoms. The largest absolute Gasteiger partial charge is 0.384 e. The summed E-state index contributed by atoms with van der Waals surface area (Å²) in [5, 5.41) is 15.4. The number of hydrogen-bond acceptors (Lipinski definition) is 5. The van der Waals surface area contributed by atoms with E-state index in [0.29, 0.717) is 17.8 Å². The van der Waals surface area contributed by atoms with Gasteiger partial charge >= 0.3 is 0 Å². The summed E-state index contributed by atoms with van der Waals surface area (Å²) >= 11 is 1.11. The van der Waals surface area contributed by atoms with Crippen molar-refractivity contribution in [3.8, 4) is 11.8 Å². The van der Waals surface area contributed by atoms with Crippen LogP contribution in [-0.4, -0.2) is 27.2 Å². The molecule has 0 saturated carbocycles. The molecule has 0 radical (unpaired) electrons. The van der Waals surface area contributed by atoms with Crippen LogP contribution in [0.4, 0.5) is 0 Å². The van der Waals surface area contributed by atoms with Gasteiger partial charge in [0, 0.05) is 12.1 Å². The molecule has 1 aromatic carbocycles. The Hall–Kier alpha value is -2.23. The molecule has 1 aromatic heterocycles. The lowest BCUT2D eigenvalue weighted by atomic mass is 10.1. The minimum Gasteiger partial charge on any atom is -0.384 e. The molecule has 0 atom stereocenters. The summed E-state index contributed by atoms with van der Waals surface area (Å²) in [7, 11) is 0. The van der Waals surface area contributed by atoms with E-state index in [1.807, 2.05) is 31.2 Å². The third-order valence-electron chi connectivity index (χ3n) is 2.82. The lowest BCUT2D eigenvalue weighted by Crippen LogP contribution is -2.22. The van der Waals surface area contributed by atoms with Crippen LogP contribution >= 0.6 is 11.5 Å². The first kappa shape index (κ1) is 15.2. The van der Waals surface area contributed by atoms with Gasteiger partial charge < -0.3 is 10.4 Å². The van der Waals surface area contributed by atoms with Crippen molar-refractivity contribution in [3.63, 3.8) is 0 Å². The van der Waals surface area contributed by atoms with Crippen LogP contribution in [0, 0.1) is 11.8 Å². The molecule has 2 aromatic rings. The number of carbonyl (C=O) groups is 1. The first-order chi connectivity index (χ1) is 10.2. The quantitative estimate of drug-likeness (QED) is 0.837. The van der Waals surface area contributed by atoms with Gasteiger partial charge in [0.05, 0.1) is 5.69 Å². The molecule has 2 rings (SSSR count). The maximum Gasteiger partial charge on any atom is 0.265 e. The fourth-order valence-corrected chi connectivity index (χ4v) is 2.39. The lowest BCUT2D eigenvalue weighted by Gasteiger charge is -2.04. The van der Waals surface area contributed by atoms with Gasteiger partial charge in [0.25, 0.3) is 5.91 Å². The smallest absolute Gasteiger partial charge is 0.265 e. The number of aromatic nitrogens is 2. The Balaban J connectivity index is 1.95. The molecule has 5 nitrogen and oxygen atoms in total. The van der Waals surface area contributed by atoms with Crippen LogP contribution in [0.5, 0.6) is 0 Å². The highest BCUT2D eigenvalue weighted by atomic mass is 32.1. The molecule has 1 amide bonds. The van der Waals surface area contributed by atoms with E-state index in [1.165, 1.54) is 0 Å². The van der Waals surface area contributed by atoms with Crippen LogP contribution in [0.15, 0.2) is 24.3 Å². The summed E-state index contributed by atoms with van der Waals surface area (Å²) in [5.74, 6) is 5.26. The fourth-order valence-electron chi connectivity index (χ4n) is 1.72. The highest BCUT2D eigenvalue weighted by Gasteiger charge is 2.14. The summed E-state index contributed by atoms with van der Waals surface area (Å²) in [5.41, 5.74) is 2.54. The second-order valence-electron chi connectivity index (χ2n) is 4.24. The predicted molar refractivity (Wildman–Crippen MR) is 80.9 cm³/mol. The SMILES string of the molecule is CCc1nnsc1C(=O)NCc1ccc(C#CCO)cc1. The predicted octanol–water partition coefficient (Wildman–Crippen LogP) is 1.37. The van der Waals surface area contributed by atoms with Crippen LogP contribution in [-0.2, 0) is 13.0 Å². The molecule has 1 heterocycles. The number of benzene rings is 1. The van der Waals surface area contributed by atoms with Crippen molar-refractivity contribution in [2.24, 2.45) is 0 Å². The van der Waals surface area contributed by atoms with Crippen LogP contribution < -0.4 is 5.32 Å². The van der Waals surface area contributed by atoms with Crippen molar-refractivity contribution < 1.29 is 9.90 Å². The monoisotopic (exact) mass is 301 g/mol. The second-order valence-corrected chi connectivity index (χ2v) is 5.00. The summed E-state index contributed by atoms with van der Waals surface area (Å²) in [6, 6.07) is 7.51. The van der Waals surface area contributed by atoms with Gasteiger partial charge in [-0.25, -0.2) is 0 Å². The van der Waals surface area contributed by atoms with Crippen LogP contribution in [0.2, 0.25) is 0 Å². The van der Waals surface area contributed by atoms with E-state index in [9.17, 15) is 4.79 Å². The van der Waals surface area contributed by atoms with Gasteiger partial charge in [0.15, 0.2) is 0 Å². The number of nitrogens with zero attached hydrogens (tertiary/aromatic N) is 2. The van der Waals surface area contributed by atoms with Crippen LogP contribution in [0.3, 0.4) is 0 Å². The third-order valence-corrected chi connectivity index (χ3v) is 3.58. The molecule has 2 N–H and O–H groups in total. The van der Waals surface area contributed by atoms with E-state index in [4.69, 9.17) is 5.11 Å². The molecule has 0 bridgehead atoms. The van der Waals surface area contributed by atoms with Crippen molar-refractivity contribution in [3.05, 3.63) is 46.0 Å². The number of carbonyl (C=O) groups excluding carboxylic acids is 1. The van der Waals surface area contributed by atoms with E-state index in [-0.39, 0.29) is 12.5 Å². The van der Waals surface area contributed by atoms with E-state index < -0.39 is 0 Å². The van der Waals surface area contributed by atoms with E-state index in [2.05, 4.69) is 26.7 Å². The second kappa shape index (κ2) is 7.53. The van der Waals surface area contributed by atoms with Gasteiger partial charge in [-0.1, -0.05) is 35.4 Å². The molecule has 6 heteroatoms. The molecule has 21 heavy (non-hydrogen) atoms.